The zero-order valence-electron chi connectivity index (χ0n) is 20.7. The number of fused-ring (bicyclic) bond motifs is 3. The van der Waals surface area contributed by atoms with E-state index in [0.29, 0.717) is 26.1 Å². The van der Waals surface area contributed by atoms with Crippen LogP contribution in [0.25, 0.3) is 11.1 Å². The molecule has 1 aliphatic carbocycles. The van der Waals surface area contributed by atoms with E-state index in [1.807, 2.05) is 50.2 Å². The van der Waals surface area contributed by atoms with Gasteiger partial charge in [-0.05, 0) is 48.7 Å². The molecule has 1 unspecified atom stereocenters. The van der Waals surface area contributed by atoms with Crippen LogP contribution in [-0.4, -0.2) is 79.8 Å². The summed E-state index contributed by atoms with van der Waals surface area (Å²) in [7, 11) is 3.75. The molecule has 0 bridgehead atoms. The van der Waals surface area contributed by atoms with Crippen molar-refractivity contribution < 1.29 is 24.2 Å². The summed E-state index contributed by atoms with van der Waals surface area (Å²) in [5.74, 6) is -1.17. The molecule has 0 radical (unpaired) electrons. The van der Waals surface area contributed by atoms with Crippen LogP contribution in [0, 0.1) is 5.92 Å². The number of ether oxygens (including phenoxy) is 1. The molecule has 3 rings (SSSR count). The maximum absolute atomic E-state index is 12.5. The van der Waals surface area contributed by atoms with Gasteiger partial charge in [-0.2, -0.15) is 0 Å². The van der Waals surface area contributed by atoms with E-state index < -0.39 is 12.1 Å². The lowest BCUT2D eigenvalue weighted by molar-refractivity contribution is -0.144. The van der Waals surface area contributed by atoms with Gasteiger partial charge in [0.15, 0.2) is 0 Å². The van der Waals surface area contributed by atoms with Gasteiger partial charge in [0.1, 0.15) is 13.2 Å². The van der Waals surface area contributed by atoms with Gasteiger partial charge in [-0.15, -0.1) is 0 Å². The number of hydrogen-bond donors (Lipinski definition) is 2. The van der Waals surface area contributed by atoms with Gasteiger partial charge in [0.25, 0.3) is 0 Å². The van der Waals surface area contributed by atoms with Crippen molar-refractivity contribution in [3.8, 4) is 11.1 Å². The van der Waals surface area contributed by atoms with Crippen LogP contribution in [0.15, 0.2) is 48.5 Å². The molecular weight excluding hydrogens is 446 g/mol. The Morgan fingerprint density at radius 1 is 1.00 bits per heavy atom. The number of aliphatic carboxylic acids is 1. The van der Waals surface area contributed by atoms with Crippen LogP contribution in [0.5, 0.6) is 0 Å². The fourth-order valence-corrected chi connectivity index (χ4v) is 4.31. The molecule has 0 heterocycles. The van der Waals surface area contributed by atoms with Gasteiger partial charge in [0, 0.05) is 32.0 Å². The molecule has 0 saturated carbocycles. The highest BCUT2D eigenvalue weighted by molar-refractivity contribution is 5.81. The van der Waals surface area contributed by atoms with Crippen molar-refractivity contribution in [2.24, 2.45) is 5.92 Å². The molecule has 2 aromatic carbocycles. The topological polar surface area (TPSA) is 99.2 Å². The maximum atomic E-state index is 12.5. The van der Waals surface area contributed by atoms with E-state index in [1.54, 1.807) is 0 Å². The SMILES string of the molecule is CC(CCC(=O)N(CCN(C)C)CC(=O)O)CNC(=O)OCC1c2ccccc2-c2ccccc21. The van der Waals surface area contributed by atoms with Crippen LogP contribution in [0.3, 0.4) is 0 Å². The molecule has 0 saturated heterocycles. The number of carboxylic acids is 1. The third kappa shape index (κ3) is 7.29. The normalized spacial score (nSPS) is 13.1. The molecule has 2 aromatic rings. The van der Waals surface area contributed by atoms with E-state index in [9.17, 15) is 14.4 Å². The Morgan fingerprint density at radius 3 is 2.17 bits per heavy atom. The Kier molecular flexibility index (Phi) is 9.25. The summed E-state index contributed by atoms with van der Waals surface area (Å²) in [5, 5.41) is 11.9. The lowest BCUT2D eigenvalue weighted by Crippen LogP contribution is -2.40. The predicted octanol–water partition coefficient (Wildman–Crippen LogP) is 3.42. The van der Waals surface area contributed by atoms with Gasteiger partial charge in [-0.1, -0.05) is 55.5 Å². The number of alkyl carbamates (subject to hydrolysis) is 1. The summed E-state index contributed by atoms with van der Waals surface area (Å²) in [5.41, 5.74) is 4.68. The van der Waals surface area contributed by atoms with E-state index in [2.05, 4.69) is 29.6 Å². The first-order chi connectivity index (χ1) is 16.8. The number of amides is 2. The zero-order chi connectivity index (χ0) is 25.4. The molecule has 0 fully saturated rings. The number of nitrogens with zero attached hydrogens (tertiary/aromatic N) is 2. The average Bonchev–Trinajstić information content (AvgIpc) is 3.15. The van der Waals surface area contributed by atoms with Crippen LogP contribution in [0.1, 0.15) is 36.8 Å². The van der Waals surface area contributed by atoms with Crippen LogP contribution >= 0.6 is 0 Å². The first-order valence-electron chi connectivity index (χ1n) is 12.0. The number of nitrogens with one attached hydrogen (secondary N) is 1. The van der Waals surface area contributed by atoms with Gasteiger partial charge in [-0.25, -0.2) is 4.79 Å². The quantitative estimate of drug-likeness (QED) is 0.482. The van der Waals surface area contributed by atoms with E-state index in [4.69, 9.17) is 9.84 Å². The monoisotopic (exact) mass is 481 g/mol. The molecule has 8 heteroatoms. The summed E-state index contributed by atoms with van der Waals surface area (Å²) in [6.07, 6.45) is 0.290. The lowest BCUT2D eigenvalue weighted by Gasteiger charge is -2.23. The van der Waals surface area contributed by atoms with E-state index in [-0.39, 0.29) is 37.3 Å². The molecule has 0 spiro atoms. The van der Waals surface area contributed by atoms with Gasteiger partial charge < -0.3 is 25.0 Å². The van der Waals surface area contributed by atoms with Crippen molar-refractivity contribution in [2.45, 2.75) is 25.7 Å². The minimum Gasteiger partial charge on any atom is -0.480 e. The van der Waals surface area contributed by atoms with Crippen molar-refractivity contribution in [1.82, 2.24) is 15.1 Å². The van der Waals surface area contributed by atoms with Crippen LogP contribution in [0.2, 0.25) is 0 Å². The van der Waals surface area contributed by atoms with Crippen LogP contribution < -0.4 is 5.32 Å². The summed E-state index contributed by atoms with van der Waals surface area (Å²) in [4.78, 5) is 39.3. The van der Waals surface area contributed by atoms with Gasteiger partial charge in [0.05, 0.1) is 0 Å². The fraction of sp³-hybridized carbons (Fsp3) is 0.444. The summed E-state index contributed by atoms with van der Waals surface area (Å²) < 4.78 is 5.56. The summed E-state index contributed by atoms with van der Waals surface area (Å²) in [6.45, 7) is 3.23. The third-order valence-electron chi connectivity index (χ3n) is 6.29. The van der Waals surface area contributed by atoms with Gasteiger partial charge in [-0.3, -0.25) is 9.59 Å². The molecule has 8 nitrogen and oxygen atoms in total. The van der Waals surface area contributed by atoms with E-state index >= 15 is 0 Å². The molecule has 1 aliphatic rings. The van der Waals surface area contributed by atoms with Crippen molar-refractivity contribution in [3.63, 3.8) is 0 Å². The molecule has 188 valence electrons. The molecule has 35 heavy (non-hydrogen) atoms. The molecule has 2 N–H and O–H groups in total. The molecule has 2 amide bonds. The maximum Gasteiger partial charge on any atom is 0.407 e. The molecule has 0 aromatic heterocycles. The second-order valence-electron chi connectivity index (χ2n) is 9.36. The molecular formula is C27H35N3O5. The van der Waals surface area contributed by atoms with E-state index in [1.165, 1.54) is 16.0 Å². The van der Waals surface area contributed by atoms with Crippen LogP contribution in [-0.2, 0) is 14.3 Å². The number of carbonyl (C=O) groups is 3. The number of carboxylic acid groups (broad SMARTS) is 1. The number of benzene rings is 2. The zero-order valence-corrected chi connectivity index (χ0v) is 20.7. The highest BCUT2D eigenvalue weighted by Gasteiger charge is 2.29. The second kappa shape index (κ2) is 12.4. The Bertz CT molecular complexity index is 993. The Labute approximate surface area is 206 Å². The number of hydrogen-bond acceptors (Lipinski definition) is 5. The third-order valence-corrected chi connectivity index (χ3v) is 6.29. The van der Waals surface area contributed by atoms with Crippen molar-refractivity contribution in [2.75, 3.05) is 46.9 Å². The number of rotatable bonds is 12. The molecule has 0 aliphatic heterocycles. The molecule has 1 atom stereocenters. The fourth-order valence-electron chi connectivity index (χ4n) is 4.31. The van der Waals surface area contributed by atoms with Crippen molar-refractivity contribution in [3.05, 3.63) is 59.7 Å². The number of carbonyl (C=O) groups excluding carboxylic acids is 2. The van der Waals surface area contributed by atoms with E-state index in [0.717, 1.165) is 11.1 Å². The van der Waals surface area contributed by atoms with Gasteiger partial charge >= 0.3 is 12.1 Å². The predicted molar refractivity (Wildman–Crippen MR) is 134 cm³/mol. The smallest absolute Gasteiger partial charge is 0.407 e. The van der Waals surface area contributed by atoms with Crippen LogP contribution in [0.4, 0.5) is 4.79 Å². The minimum atomic E-state index is -1.03. The highest BCUT2D eigenvalue weighted by Crippen LogP contribution is 2.44. The Balaban J connectivity index is 1.44. The standard InChI is InChI=1S/C27H35N3O5/c1-19(12-13-25(31)30(17-26(32)33)15-14-29(2)3)16-28-27(34)35-18-24-22-10-6-4-8-20(22)21-9-5-7-11-23(21)24/h4-11,19,24H,12-18H2,1-3H3,(H,28,34)(H,32,33). The average molecular weight is 482 g/mol. The van der Waals surface area contributed by atoms with Gasteiger partial charge in [0.2, 0.25) is 5.91 Å². The largest absolute Gasteiger partial charge is 0.480 e. The highest BCUT2D eigenvalue weighted by atomic mass is 16.5. The Hall–Kier alpha value is -3.39. The first kappa shape index (κ1) is 26.2. The van der Waals surface area contributed by atoms with Crippen molar-refractivity contribution >= 4 is 18.0 Å². The summed E-state index contributed by atoms with van der Waals surface area (Å²) >= 11 is 0. The minimum absolute atomic E-state index is 0.00517. The first-order valence-corrected chi connectivity index (χ1v) is 12.0. The van der Waals surface area contributed by atoms with Crippen molar-refractivity contribution in [1.29, 1.82) is 0 Å². The lowest BCUT2D eigenvalue weighted by atomic mass is 9.98. The second-order valence-corrected chi connectivity index (χ2v) is 9.36. The Morgan fingerprint density at radius 2 is 1.60 bits per heavy atom. The summed E-state index contributed by atoms with van der Waals surface area (Å²) in [6, 6.07) is 16.4. The number of likely N-dealkylation sites (N-methyl/N-ethyl adjacent to an activating group) is 1.